The molecule has 0 aliphatic carbocycles. The average Bonchev–Trinajstić information content (AvgIpc) is 2.91. The number of esters is 1. The molecular weight excluding hydrogens is 480 g/mol. The number of carbonyl (C=O) groups excluding carboxylic acids is 1. The Morgan fingerprint density at radius 2 is 1.37 bits per heavy atom. The fourth-order valence-corrected chi connectivity index (χ4v) is 3.78. The first-order chi connectivity index (χ1) is 18.3. The van der Waals surface area contributed by atoms with Crippen molar-refractivity contribution in [3.05, 3.63) is 89.0 Å². The van der Waals surface area contributed by atoms with Gasteiger partial charge in [0.1, 0.15) is 36.0 Å². The molecule has 3 rings (SSSR count). The Morgan fingerprint density at radius 3 is 1.97 bits per heavy atom. The highest BCUT2D eigenvalue weighted by molar-refractivity contribution is 5.96. The average molecular weight is 519 g/mol. The summed E-state index contributed by atoms with van der Waals surface area (Å²) in [6.07, 6.45) is 2.10. The van der Waals surface area contributed by atoms with E-state index in [9.17, 15) is 4.79 Å². The van der Waals surface area contributed by atoms with Gasteiger partial charge in [-0.1, -0.05) is 30.3 Å². The minimum absolute atomic E-state index is 0.371. The molecule has 0 aliphatic rings. The lowest BCUT2D eigenvalue weighted by molar-refractivity contribution is 0.0597. The van der Waals surface area contributed by atoms with Gasteiger partial charge < -0.3 is 28.7 Å². The van der Waals surface area contributed by atoms with Gasteiger partial charge in [0.25, 0.3) is 0 Å². The van der Waals surface area contributed by atoms with Crippen LogP contribution in [0.2, 0.25) is 0 Å². The standard InChI is InChI=1S/C31H38N2O5/c1-32(2)15-17-37-26-11-7-9-23(19-26)20-29(24-10-8-12-27(21-24)38-18-16-33(3)4)25-13-14-28(31(34)36-6)30(22-25)35-5/h7-14,19-22H,15-18H2,1-6H3/b29-20+. The van der Waals surface area contributed by atoms with Crippen molar-refractivity contribution in [2.45, 2.75) is 0 Å². The van der Waals surface area contributed by atoms with Crippen LogP contribution < -0.4 is 14.2 Å². The minimum atomic E-state index is -0.446. The van der Waals surface area contributed by atoms with Crippen molar-refractivity contribution in [3.63, 3.8) is 0 Å². The zero-order valence-electron chi connectivity index (χ0n) is 23.2. The molecule has 0 spiro atoms. The molecule has 3 aromatic rings. The first-order valence-corrected chi connectivity index (χ1v) is 12.5. The largest absolute Gasteiger partial charge is 0.496 e. The number of rotatable bonds is 13. The quantitative estimate of drug-likeness (QED) is 0.234. The summed E-state index contributed by atoms with van der Waals surface area (Å²) in [6, 6.07) is 21.5. The van der Waals surface area contributed by atoms with Crippen LogP contribution in [0.1, 0.15) is 27.0 Å². The Hall–Kier alpha value is -3.81. The Balaban J connectivity index is 2.04. The third-order valence-electron chi connectivity index (χ3n) is 5.85. The van der Waals surface area contributed by atoms with Gasteiger partial charge in [0, 0.05) is 13.1 Å². The Bertz CT molecular complexity index is 1240. The summed E-state index contributed by atoms with van der Waals surface area (Å²) in [4.78, 5) is 16.4. The van der Waals surface area contributed by atoms with Crippen molar-refractivity contribution in [1.82, 2.24) is 9.80 Å². The number of likely N-dealkylation sites (N-methyl/N-ethyl adjacent to an activating group) is 2. The second-order valence-electron chi connectivity index (χ2n) is 9.37. The summed E-state index contributed by atoms with van der Waals surface area (Å²) in [5.74, 6) is 1.59. The first kappa shape index (κ1) is 28.8. The van der Waals surface area contributed by atoms with Gasteiger partial charge in [-0.25, -0.2) is 4.79 Å². The maximum absolute atomic E-state index is 12.2. The molecule has 0 bridgehead atoms. The Kier molecular flexibility index (Phi) is 10.8. The van der Waals surface area contributed by atoms with Crippen LogP contribution >= 0.6 is 0 Å². The summed E-state index contributed by atoms with van der Waals surface area (Å²) < 4.78 is 22.4. The first-order valence-electron chi connectivity index (χ1n) is 12.5. The van der Waals surface area contributed by atoms with Crippen molar-refractivity contribution >= 4 is 17.6 Å². The lowest BCUT2D eigenvalue weighted by Gasteiger charge is -2.15. The summed E-state index contributed by atoms with van der Waals surface area (Å²) in [6.45, 7) is 2.84. The molecule has 7 heteroatoms. The summed E-state index contributed by atoms with van der Waals surface area (Å²) in [5.41, 5.74) is 4.16. The van der Waals surface area contributed by atoms with Crippen LogP contribution in [0.25, 0.3) is 11.6 Å². The highest BCUT2D eigenvalue weighted by atomic mass is 16.5. The molecular formula is C31H38N2O5. The van der Waals surface area contributed by atoms with Crippen LogP contribution in [0.4, 0.5) is 0 Å². The zero-order chi connectivity index (χ0) is 27.5. The Labute approximate surface area is 226 Å². The van der Waals surface area contributed by atoms with Crippen molar-refractivity contribution in [2.75, 3.05) is 68.7 Å². The van der Waals surface area contributed by atoms with E-state index in [1.54, 1.807) is 13.2 Å². The van der Waals surface area contributed by atoms with Crippen LogP contribution in [-0.2, 0) is 4.74 Å². The molecule has 3 aromatic carbocycles. The zero-order valence-corrected chi connectivity index (χ0v) is 23.2. The number of ether oxygens (including phenoxy) is 4. The van der Waals surface area contributed by atoms with Crippen LogP contribution in [0.3, 0.4) is 0 Å². The molecule has 0 saturated heterocycles. The molecule has 0 heterocycles. The number of nitrogens with zero attached hydrogens (tertiary/aromatic N) is 2. The Morgan fingerprint density at radius 1 is 0.763 bits per heavy atom. The van der Waals surface area contributed by atoms with E-state index in [0.717, 1.165) is 46.9 Å². The summed E-state index contributed by atoms with van der Waals surface area (Å²) in [7, 11) is 11.0. The smallest absolute Gasteiger partial charge is 0.341 e. The van der Waals surface area contributed by atoms with Crippen molar-refractivity contribution < 1.29 is 23.7 Å². The second kappa shape index (κ2) is 14.2. The number of methoxy groups -OCH3 is 2. The van der Waals surface area contributed by atoms with Crippen molar-refractivity contribution in [3.8, 4) is 17.2 Å². The van der Waals surface area contributed by atoms with Crippen LogP contribution in [-0.4, -0.2) is 84.5 Å². The van der Waals surface area contributed by atoms with Gasteiger partial charge in [0.15, 0.2) is 0 Å². The lowest BCUT2D eigenvalue weighted by Crippen LogP contribution is -2.19. The minimum Gasteiger partial charge on any atom is -0.496 e. The van der Waals surface area contributed by atoms with Crippen molar-refractivity contribution in [1.29, 1.82) is 0 Å². The van der Waals surface area contributed by atoms with E-state index < -0.39 is 5.97 Å². The fourth-order valence-electron chi connectivity index (χ4n) is 3.78. The van der Waals surface area contributed by atoms with Gasteiger partial charge in [0.05, 0.1) is 14.2 Å². The number of carbonyl (C=O) groups is 1. The van der Waals surface area contributed by atoms with Gasteiger partial charge in [0.2, 0.25) is 0 Å². The van der Waals surface area contributed by atoms with E-state index in [1.165, 1.54) is 7.11 Å². The van der Waals surface area contributed by atoms with E-state index in [1.807, 2.05) is 88.9 Å². The van der Waals surface area contributed by atoms with Crippen LogP contribution in [0.5, 0.6) is 17.2 Å². The van der Waals surface area contributed by atoms with Gasteiger partial charge in [-0.05, 0) is 92.9 Å². The number of hydrogen-bond donors (Lipinski definition) is 0. The third kappa shape index (κ3) is 8.36. The predicted molar refractivity (Wildman–Crippen MR) is 152 cm³/mol. The molecule has 202 valence electrons. The molecule has 38 heavy (non-hydrogen) atoms. The normalized spacial score (nSPS) is 11.5. The molecule has 0 N–H and O–H groups in total. The van der Waals surface area contributed by atoms with E-state index in [2.05, 4.69) is 15.9 Å². The van der Waals surface area contributed by atoms with Gasteiger partial charge in [-0.3, -0.25) is 0 Å². The van der Waals surface area contributed by atoms with E-state index >= 15 is 0 Å². The van der Waals surface area contributed by atoms with E-state index in [0.29, 0.717) is 24.5 Å². The molecule has 0 amide bonds. The van der Waals surface area contributed by atoms with Crippen molar-refractivity contribution in [2.24, 2.45) is 0 Å². The maximum atomic E-state index is 12.2. The van der Waals surface area contributed by atoms with Crippen LogP contribution in [0.15, 0.2) is 66.7 Å². The van der Waals surface area contributed by atoms with E-state index in [-0.39, 0.29) is 0 Å². The molecule has 7 nitrogen and oxygen atoms in total. The van der Waals surface area contributed by atoms with Gasteiger partial charge >= 0.3 is 5.97 Å². The molecule has 0 radical (unpaired) electrons. The monoisotopic (exact) mass is 518 g/mol. The van der Waals surface area contributed by atoms with Crippen LogP contribution in [0, 0.1) is 0 Å². The third-order valence-corrected chi connectivity index (χ3v) is 5.85. The number of benzene rings is 3. The van der Waals surface area contributed by atoms with Gasteiger partial charge in [-0.15, -0.1) is 0 Å². The van der Waals surface area contributed by atoms with Gasteiger partial charge in [-0.2, -0.15) is 0 Å². The predicted octanol–water partition coefficient (Wildman–Crippen LogP) is 4.95. The van der Waals surface area contributed by atoms with E-state index in [4.69, 9.17) is 18.9 Å². The highest BCUT2D eigenvalue weighted by Gasteiger charge is 2.16. The maximum Gasteiger partial charge on any atom is 0.341 e. The lowest BCUT2D eigenvalue weighted by atomic mass is 9.94. The molecule has 0 saturated carbocycles. The second-order valence-corrected chi connectivity index (χ2v) is 9.37. The molecule has 0 fully saturated rings. The fraction of sp³-hybridized carbons (Fsp3) is 0.323. The SMILES string of the molecule is COC(=O)c1ccc(/C(=C/c2cccc(OCCN(C)C)c2)c2cccc(OCCN(C)C)c2)cc1OC. The molecule has 0 unspecified atom stereocenters. The highest BCUT2D eigenvalue weighted by Crippen LogP contribution is 2.33. The molecule has 0 atom stereocenters. The summed E-state index contributed by atoms with van der Waals surface area (Å²) in [5, 5.41) is 0. The molecule has 0 aromatic heterocycles. The topological polar surface area (TPSA) is 60.5 Å². The summed E-state index contributed by atoms with van der Waals surface area (Å²) >= 11 is 0. The molecule has 0 aliphatic heterocycles. The number of hydrogen-bond acceptors (Lipinski definition) is 7.